The van der Waals surface area contributed by atoms with E-state index in [1.807, 2.05) is 26.8 Å². The van der Waals surface area contributed by atoms with Gasteiger partial charge in [0.15, 0.2) is 18.7 Å². The molecule has 0 radical (unpaired) electrons. The summed E-state index contributed by atoms with van der Waals surface area (Å²) in [4.78, 5) is 52.8. The molecule has 2 fully saturated rings. The molecule has 3 aliphatic heterocycles. The fraction of sp³-hybridized carbons (Fsp3) is 0.814. The Labute approximate surface area is 349 Å². The molecule has 0 aromatic heterocycles. The van der Waals surface area contributed by atoms with Crippen molar-refractivity contribution in [3.8, 4) is 0 Å². The van der Waals surface area contributed by atoms with Gasteiger partial charge in [-0.1, -0.05) is 52.0 Å². The van der Waals surface area contributed by atoms with E-state index in [9.17, 15) is 34.5 Å². The summed E-state index contributed by atoms with van der Waals surface area (Å²) in [7, 11) is 4.87. The first-order valence-electron chi connectivity index (χ1n) is 21.0. The van der Waals surface area contributed by atoms with E-state index in [0.717, 1.165) is 6.29 Å². The highest BCUT2D eigenvalue weighted by Gasteiger charge is 2.53. The van der Waals surface area contributed by atoms with Crippen molar-refractivity contribution in [1.82, 2.24) is 4.90 Å². The number of methoxy groups -OCH3 is 1. The van der Waals surface area contributed by atoms with E-state index in [0.29, 0.717) is 6.42 Å². The molecule has 0 spiro atoms. The molecule has 16 atom stereocenters. The summed E-state index contributed by atoms with van der Waals surface area (Å²) in [6.07, 6.45) is -4.07. The zero-order valence-electron chi connectivity index (χ0n) is 36.8. The van der Waals surface area contributed by atoms with E-state index in [4.69, 9.17) is 37.9 Å². The molecule has 0 aliphatic carbocycles. The molecule has 16 nitrogen and oxygen atoms in total. The van der Waals surface area contributed by atoms with Gasteiger partial charge >= 0.3 is 17.9 Å². The summed E-state index contributed by atoms with van der Waals surface area (Å²) in [5, 5.41) is 34.7. The summed E-state index contributed by atoms with van der Waals surface area (Å²) in [6.45, 7) is 14.0. The molecule has 0 aromatic rings. The molecule has 0 bridgehead atoms. The van der Waals surface area contributed by atoms with Gasteiger partial charge in [-0.2, -0.15) is 0 Å². The first-order valence-corrected chi connectivity index (χ1v) is 21.0. The van der Waals surface area contributed by atoms with Crippen molar-refractivity contribution in [3.63, 3.8) is 0 Å². The third kappa shape index (κ3) is 14.7. The van der Waals surface area contributed by atoms with Gasteiger partial charge in [0.25, 0.3) is 0 Å². The number of aldehydes is 1. The van der Waals surface area contributed by atoms with Gasteiger partial charge in [-0.05, 0) is 66.0 Å². The van der Waals surface area contributed by atoms with E-state index in [2.05, 4.69) is 0 Å². The lowest BCUT2D eigenvalue weighted by Crippen LogP contribution is -2.66. The first kappa shape index (κ1) is 50.6. The highest BCUT2D eigenvalue weighted by atomic mass is 16.7. The molecule has 338 valence electrons. The van der Waals surface area contributed by atoms with Crippen molar-refractivity contribution < 1.29 is 72.4 Å². The number of ether oxygens (including phenoxy) is 8. The number of aliphatic hydroxyl groups is 3. The van der Waals surface area contributed by atoms with Gasteiger partial charge in [0, 0.05) is 39.2 Å². The fourth-order valence-electron chi connectivity index (χ4n) is 8.12. The zero-order chi connectivity index (χ0) is 44.2. The summed E-state index contributed by atoms with van der Waals surface area (Å²) < 4.78 is 48.9. The van der Waals surface area contributed by atoms with Crippen molar-refractivity contribution in [3.05, 3.63) is 24.3 Å². The highest BCUT2D eigenvalue weighted by molar-refractivity contribution is 5.72. The quantitative estimate of drug-likeness (QED) is 0.138. The van der Waals surface area contributed by atoms with Crippen molar-refractivity contribution in [1.29, 1.82) is 0 Å². The van der Waals surface area contributed by atoms with Gasteiger partial charge in [0.05, 0.1) is 36.9 Å². The Morgan fingerprint density at radius 2 is 1.69 bits per heavy atom. The molecule has 2 saturated heterocycles. The maximum absolute atomic E-state index is 13.3. The lowest BCUT2D eigenvalue weighted by atomic mass is 9.82. The van der Waals surface area contributed by atoms with Crippen LogP contribution in [0.4, 0.5) is 0 Å². The van der Waals surface area contributed by atoms with Crippen LogP contribution in [0.3, 0.4) is 0 Å². The molecule has 3 heterocycles. The summed E-state index contributed by atoms with van der Waals surface area (Å²) in [5.74, 6) is -2.72. The second kappa shape index (κ2) is 23.4. The monoisotopic (exact) mass is 841 g/mol. The number of esters is 3. The third-order valence-electron chi connectivity index (χ3n) is 11.2. The number of hydrogen-bond acceptors (Lipinski definition) is 16. The standard InChI is InChI=1S/C43H71NO15/c1-12-32(47)56-31-22-34(49)53-26(5)16-14-13-15-17-30(46)25(4)21-29(18-19-45)39(40(31)52-11)59-42-37(50)36(44(9)10)38(27(6)55-42)58-35-23-43(8,51)41(28(7)54-35)57-33(48)20-24(2)3/h13-15,17,19,24-31,35-42,46,50-51H,12,16,18,20-23H2,1-11H3. The number of likely N-dealkylation sites (N-methyl/N-ethyl adjacent to an activating group) is 1. The van der Waals surface area contributed by atoms with E-state index < -0.39 is 121 Å². The van der Waals surface area contributed by atoms with Crippen LogP contribution in [0.15, 0.2) is 24.3 Å². The number of nitrogens with zero attached hydrogens (tertiary/aromatic N) is 1. The second-order valence-corrected chi connectivity index (χ2v) is 17.2. The Balaban J connectivity index is 1.99. The Morgan fingerprint density at radius 3 is 2.29 bits per heavy atom. The van der Waals surface area contributed by atoms with Crippen molar-refractivity contribution >= 4 is 24.2 Å². The molecule has 3 N–H and O–H groups in total. The number of rotatable bonds is 13. The lowest BCUT2D eigenvalue weighted by molar-refractivity contribution is -0.344. The molecule has 0 amide bonds. The van der Waals surface area contributed by atoms with Crippen LogP contribution in [0, 0.1) is 17.8 Å². The van der Waals surface area contributed by atoms with E-state index in [1.165, 1.54) is 7.11 Å². The van der Waals surface area contributed by atoms with Crippen LogP contribution in [0.1, 0.15) is 100 Å². The molecule has 3 rings (SSSR count). The maximum Gasteiger partial charge on any atom is 0.309 e. The SMILES string of the molecule is CCC(=O)OC1CC(=O)OC(C)CC=CC=CC(O)C(C)CC(CC=O)C(OC2OC(C)C(OC3CC(C)(O)C(OC(=O)CC(C)C)C(C)O3)C(N(C)C)C2O)C1OC. The average molecular weight is 842 g/mol. The Morgan fingerprint density at radius 1 is 1.00 bits per heavy atom. The Bertz CT molecular complexity index is 1400. The predicted octanol–water partition coefficient (Wildman–Crippen LogP) is 3.40. The molecule has 0 saturated carbocycles. The largest absolute Gasteiger partial charge is 0.462 e. The first-order chi connectivity index (χ1) is 27.7. The molecular formula is C43H71NO15. The smallest absolute Gasteiger partial charge is 0.309 e. The third-order valence-corrected chi connectivity index (χ3v) is 11.2. The Hall–Kier alpha value is -2.80. The minimum atomic E-state index is -1.50. The van der Waals surface area contributed by atoms with Crippen LogP contribution in [0.5, 0.6) is 0 Å². The fourth-order valence-corrected chi connectivity index (χ4v) is 8.12. The van der Waals surface area contributed by atoms with Gasteiger partial charge in [-0.25, -0.2) is 0 Å². The zero-order valence-corrected chi connectivity index (χ0v) is 36.8. The molecule has 16 heteroatoms. The van der Waals surface area contributed by atoms with E-state index >= 15 is 0 Å². The summed E-state index contributed by atoms with van der Waals surface area (Å²) in [6, 6.07) is -0.782. The van der Waals surface area contributed by atoms with E-state index in [-0.39, 0.29) is 38.0 Å². The van der Waals surface area contributed by atoms with Gasteiger partial charge in [0.1, 0.15) is 42.4 Å². The topological polar surface area (TPSA) is 206 Å². The minimum absolute atomic E-state index is 0.00123. The lowest BCUT2D eigenvalue weighted by Gasteiger charge is -2.50. The van der Waals surface area contributed by atoms with Crippen LogP contribution >= 0.6 is 0 Å². The minimum Gasteiger partial charge on any atom is -0.462 e. The molecule has 3 aliphatic rings. The van der Waals surface area contributed by atoms with Crippen LogP contribution in [0.2, 0.25) is 0 Å². The van der Waals surface area contributed by atoms with Gasteiger partial charge in [-0.15, -0.1) is 0 Å². The number of carbonyl (C=O) groups excluding carboxylic acids is 4. The average Bonchev–Trinajstić information content (AvgIpc) is 3.13. The highest BCUT2D eigenvalue weighted by Crippen LogP contribution is 2.38. The predicted molar refractivity (Wildman–Crippen MR) is 214 cm³/mol. The van der Waals surface area contributed by atoms with Crippen molar-refractivity contribution in [2.75, 3.05) is 21.2 Å². The summed E-state index contributed by atoms with van der Waals surface area (Å²) in [5.41, 5.74) is -1.50. The number of cyclic esters (lactones) is 1. The number of carbonyl (C=O) groups is 4. The number of hydrogen-bond donors (Lipinski definition) is 3. The molecule has 59 heavy (non-hydrogen) atoms. The van der Waals surface area contributed by atoms with Crippen LogP contribution in [-0.4, -0.2) is 151 Å². The van der Waals surface area contributed by atoms with Crippen LogP contribution < -0.4 is 0 Å². The molecular weight excluding hydrogens is 770 g/mol. The van der Waals surface area contributed by atoms with Gasteiger partial charge < -0.3 is 62.9 Å². The van der Waals surface area contributed by atoms with Gasteiger partial charge in [-0.3, -0.25) is 14.4 Å². The number of aliphatic hydroxyl groups excluding tert-OH is 2. The maximum atomic E-state index is 13.3. The molecule has 0 aromatic carbocycles. The van der Waals surface area contributed by atoms with E-state index in [1.54, 1.807) is 71.8 Å². The van der Waals surface area contributed by atoms with Crippen molar-refractivity contribution in [2.45, 2.75) is 186 Å². The summed E-state index contributed by atoms with van der Waals surface area (Å²) >= 11 is 0. The number of allylic oxidation sites excluding steroid dienone is 2. The second-order valence-electron chi connectivity index (χ2n) is 17.2. The van der Waals surface area contributed by atoms with Crippen molar-refractivity contribution in [2.24, 2.45) is 17.8 Å². The van der Waals surface area contributed by atoms with Crippen LogP contribution in [0.25, 0.3) is 0 Å². The van der Waals surface area contributed by atoms with Gasteiger partial charge in [0.2, 0.25) is 0 Å². The molecule has 16 unspecified atom stereocenters. The Kier molecular flexibility index (Phi) is 20.1. The van der Waals surface area contributed by atoms with Crippen LogP contribution in [-0.2, 0) is 57.1 Å². The normalized spacial score (nSPS) is 39.1.